The van der Waals surface area contributed by atoms with E-state index in [4.69, 9.17) is 15.6 Å². The fourth-order valence-electron chi connectivity index (χ4n) is 1.33. The molecule has 4 heteroatoms. The zero-order valence-corrected chi connectivity index (χ0v) is 6.32. The lowest BCUT2D eigenvalue weighted by atomic mass is 10.0. The topological polar surface area (TPSA) is 72.6 Å². The molecule has 11 heavy (non-hydrogen) atoms. The fraction of sp³-hybridized carbons (Fsp3) is 0.857. The molecule has 0 aromatic rings. The molecular weight excluding hydrogens is 146 g/mol. The van der Waals surface area contributed by atoms with Gasteiger partial charge < -0.3 is 15.6 Å². The maximum Gasteiger partial charge on any atom is 0.310 e. The van der Waals surface area contributed by atoms with E-state index in [0.717, 1.165) is 12.8 Å². The Hall–Kier alpha value is -0.610. The van der Waals surface area contributed by atoms with E-state index in [1.54, 1.807) is 0 Å². The van der Waals surface area contributed by atoms with E-state index in [1.807, 2.05) is 0 Å². The van der Waals surface area contributed by atoms with Gasteiger partial charge in [0.25, 0.3) is 0 Å². The molecule has 1 aliphatic rings. The van der Waals surface area contributed by atoms with Gasteiger partial charge in [-0.15, -0.1) is 0 Å². The monoisotopic (exact) mass is 159 g/mol. The number of nitrogens with two attached hydrogens (primary N) is 1. The Labute approximate surface area is 65.3 Å². The van der Waals surface area contributed by atoms with Crippen molar-refractivity contribution in [2.75, 3.05) is 13.2 Å². The van der Waals surface area contributed by atoms with Crippen molar-refractivity contribution in [3.8, 4) is 0 Å². The number of aliphatic carboxylic acids is 1. The smallest absolute Gasteiger partial charge is 0.310 e. The van der Waals surface area contributed by atoms with Gasteiger partial charge >= 0.3 is 5.97 Å². The van der Waals surface area contributed by atoms with Crippen LogP contribution in [0.4, 0.5) is 0 Å². The van der Waals surface area contributed by atoms with Gasteiger partial charge in [0, 0.05) is 13.2 Å². The molecule has 0 amide bonds. The summed E-state index contributed by atoms with van der Waals surface area (Å²) in [7, 11) is 0. The Balaban J connectivity index is 2.46. The number of carbonyl (C=O) groups is 1. The summed E-state index contributed by atoms with van der Waals surface area (Å²) in [5.74, 6) is -1.36. The first-order chi connectivity index (χ1) is 5.25. The van der Waals surface area contributed by atoms with Crippen LogP contribution in [0.3, 0.4) is 0 Å². The molecule has 0 saturated carbocycles. The Morgan fingerprint density at radius 3 is 2.91 bits per heavy atom. The van der Waals surface area contributed by atoms with Gasteiger partial charge in [0.15, 0.2) is 0 Å². The van der Waals surface area contributed by atoms with Crippen LogP contribution in [0.25, 0.3) is 0 Å². The molecule has 0 aromatic heterocycles. The predicted molar refractivity (Wildman–Crippen MR) is 39.2 cm³/mol. The molecule has 2 atom stereocenters. The molecule has 4 nitrogen and oxygen atoms in total. The molecule has 2 unspecified atom stereocenters. The van der Waals surface area contributed by atoms with Crippen LogP contribution in [0.2, 0.25) is 0 Å². The van der Waals surface area contributed by atoms with Crippen molar-refractivity contribution in [3.05, 3.63) is 0 Å². The van der Waals surface area contributed by atoms with E-state index in [9.17, 15) is 4.79 Å². The van der Waals surface area contributed by atoms with Crippen LogP contribution in [0.5, 0.6) is 0 Å². The molecule has 0 bridgehead atoms. The Morgan fingerprint density at radius 2 is 2.55 bits per heavy atom. The number of hydrogen-bond acceptors (Lipinski definition) is 3. The van der Waals surface area contributed by atoms with Gasteiger partial charge in [-0.05, 0) is 12.8 Å². The first-order valence-corrected chi connectivity index (χ1v) is 3.80. The minimum atomic E-state index is -0.848. The van der Waals surface area contributed by atoms with Gasteiger partial charge in [0.2, 0.25) is 0 Å². The van der Waals surface area contributed by atoms with Crippen LogP contribution in [0.1, 0.15) is 12.8 Å². The second-order valence-corrected chi connectivity index (χ2v) is 2.73. The summed E-state index contributed by atoms with van der Waals surface area (Å²) < 4.78 is 5.21. The zero-order chi connectivity index (χ0) is 8.27. The Kier molecular flexibility index (Phi) is 2.84. The lowest BCUT2D eigenvalue weighted by Crippen LogP contribution is -2.34. The molecule has 3 N–H and O–H groups in total. The second-order valence-electron chi connectivity index (χ2n) is 2.73. The number of rotatable bonds is 3. The first kappa shape index (κ1) is 8.49. The zero-order valence-electron chi connectivity index (χ0n) is 6.32. The molecule has 64 valence electrons. The summed E-state index contributed by atoms with van der Waals surface area (Å²) in [6.45, 7) is 0.842. The summed E-state index contributed by atoms with van der Waals surface area (Å²) in [5.41, 5.74) is 5.29. The number of hydrogen-bond donors (Lipinski definition) is 2. The van der Waals surface area contributed by atoms with Gasteiger partial charge in [-0.25, -0.2) is 0 Å². The summed E-state index contributed by atoms with van der Waals surface area (Å²) in [5, 5.41) is 8.67. The third kappa shape index (κ3) is 1.91. The third-order valence-corrected chi connectivity index (χ3v) is 1.98. The molecule has 0 radical (unpaired) electrons. The van der Waals surface area contributed by atoms with E-state index in [-0.39, 0.29) is 12.6 Å². The maximum atomic E-state index is 10.6. The summed E-state index contributed by atoms with van der Waals surface area (Å²) >= 11 is 0. The standard InChI is InChI=1S/C7H13NO3/c8-4-5(7(9)10)6-2-1-3-11-6/h5-6H,1-4,8H2,(H,9,10). The van der Waals surface area contributed by atoms with E-state index >= 15 is 0 Å². The Morgan fingerprint density at radius 1 is 1.82 bits per heavy atom. The summed E-state index contributed by atoms with van der Waals surface area (Å²) in [6, 6.07) is 0. The molecular formula is C7H13NO3. The number of ether oxygens (including phenoxy) is 1. The lowest BCUT2D eigenvalue weighted by molar-refractivity contribution is -0.145. The van der Waals surface area contributed by atoms with E-state index in [1.165, 1.54) is 0 Å². The van der Waals surface area contributed by atoms with Crippen LogP contribution in [0.15, 0.2) is 0 Å². The van der Waals surface area contributed by atoms with Crippen molar-refractivity contribution < 1.29 is 14.6 Å². The van der Waals surface area contributed by atoms with Crippen molar-refractivity contribution in [1.82, 2.24) is 0 Å². The maximum absolute atomic E-state index is 10.6. The fourth-order valence-corrected chi connectivity index (χ4v) is 1.33. The van der Waals surface area contributed by atoms with Gasteiger partial charge in [-0.1, -0.05) is 0 Å². The lowest BCUT2D eigenvalue weighted by Gasteiger charge is -2.16. The largest absolute Gasteiger partial charge is 0.481 e. The molecule has 0 spiro atoms. The summed E-state index contributed by atoms with van der Waals surface area (Å²) in [6.07, 6.45) is 1.63. The van der Waals surface area contributed by atoms with Crippen molar-refractivity contribution in [3.63, 3.8) is 0 Å². The predicted octanol–water partition coefficient (Wildman–Crippen LogP) is -0.175. The minimum absolute atomic E-state index is 0.155. The average Bonchev–Trinajstić information content (AvgIpc) is 2.40. The van der Waals surface area contributed by atoms with Crippen LogP contribution in [-0.2, 0) is 9.53 Å². The van der Waals surface area contributed by atoms with Crippen molar-refractivity contribution in [2.45, 2.75) is 18.9 Å². The quantitative estimate of drug-likeness (QED) is 0.599. The number of carboxylic acid groups (broad SMARTS) is 1. The molecule has 0 aromatic carbocycles. The SMILES string of the molecule is NCC(C(=O)O)C1CCCO1. The van der Waals surface area contributed by atoms with Crippen LogP contribution in [0, 0.1) is 5.92 Å². The van der Waals surface area contributed by atoms with E-state index in [2.05, 4.69) is 0 Å². The van der Waals surface area contributed by atoms with Crippen molar-refractivity contribution in [1.29, 1.82) is 0 Å². The van der Waals surface area contributed by atoms with Crippen LogP contribution >= 0.6 is 0 Å². The molecule has 0 aliphatic carbocycles. The van der Waals surface area contributed by atoms with E-state index in [0.29, 0.717) is 6.61 Å². The number of carboxylic acids is 1. The molecule has 1 heterocycles. The van der Waals surface area contributed by atoms with Crippen LogP contribution in [-0.4, -0.2) is 30.3 Å². The van der Waals surface area contributed by atoms with Gasteiger partial charge in [0.1, 0.15) is 0 Å². The average molecular weight is 159 g/mol. The highest BCUT2D eigenvalue weighted by molar-refractivity contribution is 5.71. The van der Waals surface area contributed by atoms with Gasteiger partial charge in [-0.3, -0.25) is 4.79 Å². The highest BCUT2D eigenvalue weighted by atomic mass is 16.5. The summed E-state index contributed by atoms with van der Waals surface area (Å²) in [4.78, 5) is 10.6. The minimum Gasteiger partial charge on any atom is -0.481 e. The van der Waals surface area contributed by atoms with Crippen LogP contribution < -0.4 is 5.73 Å². The second kappa shape index (κ2) is 3.69. The Bertz CT molecular complexity index is 143. The third-order valence-electron chi connectivity index (χ3n) is 1.98. The van der Waals surface area contributed by atoms with Gasteiger partial charge in [0.05, 0.1) is 12.0 Å². The normalized spacial score (nSPS) is 26.8. The van der Waals surface area contributed by atoms with Gasteiger partial charge in [-0.2, -0.15) is 0 Å². The molecule has 1 saturated heterocycles. The van der Waals surface area contributed by atoms with Crippen molar-refractivity contribution in [2.24, 2.45) is 11.7 Å². The highest BCUT2D eigenvalue weighted by Gasteiger charge is 2.29. The molecule has 1 rings (SSSR count). The first-order valence-electron chi connectivity index (χ1n) is 3.80. The van der Waals surface area contributed by atoms with Crippen molar-refractivity contribution >= 4 is 5.97 Å². The molecule has 1 fully saturated rings. The highest BCUT2D eigenvalue weighted by Crippen LogP contribution is 2.19. The van der Waals surface area contributed by atoms with E-state index < -0.39 is 11.9 Å². The molecule has 1 aliphatic heterocycles.